The molecule has 0 aliphatic carbocycles. The van der Waals surface area contributed by atoms with Crippen molar-refractivity contribution in [3.05, 3.63) is 59.2 Å². The molecule has 1 heterocycles. The number of ether oxygens (including phenoxy) is 1. The van der Waals surface area contributed by atoms with E-state index in [4.69, 9.17) is 10.00 Å². The Morgan fingerprint density at radius 3 is 2.88 bits per heavy atom. The molecule has 0 saturated carbocycles. The Morgan fingerprint density at radius 2 is 2.04 bits per heavy atom. The number of hydrogen-bond donors (Lipinski definition) is 0. The predicted octanol–water partition coefficient (Wildman–Crippen LogP) is 3.32. The Kier molecular flexibility index (Phi) is 5.31. The Balaban J connectivity index is 1.62. The summed E-state index contributed by atoms with van der Waals surface area (Å²) >= 11 is 1.53. The Hall–Kier alpha value is -2.85. The quantitative estimate of drug-likeness (QED) is 0.501. The molecule has 1 aromatic heterocycles. The van der Waals surface area contributed by atoms with Gasteiger partial charge in [0, 0.05) is 5.75 Å². The first kappa shape index (κ1) is 17.0. The maximum Gasteiger partial charge on any atom is 0.214 e. The van der Waals surface area contributed by atoms with Gasteiger partial charge in [-0.05, 0) is 59.7 Å². The smallest absolute Gasteiger partial charge is 0.214 e. The van der Waals surface area contributed by atoms with Crippen LogP contribution in [0.1, 0.15) is 16.7 Å². The third kappa shape index (κ3) is 3.98. The van der Waals surface area contributed by atoms with Crippen molar-refractivity contribution in [1.82, 2.24) is 20.2 Å². The minimum absolute atomic E-state index is 0.499. The first-order valence-corrected chi connectivity index (χ1v) is 8.78. The normalized spacial score (nSPS) is 10.4. The van der Waals surface area contributed by atoms with Gasteiger partial charge >= 0.3 is 0 Å². The number of aryl methyl sites for hydroxylation is 1. The summed E-state index contributed by atoms with van der Waals surface area (Å²) in [5.41, 5.74) is 3.92. The monoisotopic (exact) mass is 351 g/mol. The van der Waals surface area contributed by atoms with Crippen molar-refractivity contribution in [2.24, 2.45) is 0 Å². The summed E-state index contributed by atoms with van der Waals surface area (Å²) in [6.45, 7) is 4.63. The van der Waals surface area contributed by atoms with Gasteiger partial charge in [-0.15, -0.1) is 5.10 Å². The van der Waals surface area contributed by atoms with Crippen LogP contribution in [0.25, 0.3) is 5.69 Å². The molecule has 126 valence electrons. The van der Waals surface area contributed by atoms with E-state index in [2.05, 4.69) is 41.5 Å². The molecule has 0 aliphatic rings. The molecular weight excluding hydrogens is 334 g/mol. The molecule has 0 radical (unpaired) electrons. The molecule has 0 spiro atoms. The zero-order chi connectivity index (χ0) is 17.6. The number of tetrazole rings is 1. The fraction of sp³-hybridized carbons (Fsp3) is 0.222. The van der Waals surface area contributed by atoms with E-state index in [1.54, 1.807) is 16.8 Å². The zero-order valence-electron chi connectivity index (χ0n) is 14.0. The van der Waals surface area contributed by atoms with Crippen LogP contribution in [0.15, 0.2) is 47.6 Å². The highest BCUT2D eigenvalue weighted by molar-refractivity contribution is 7.99. The van der Waals surface area contributed by atoms with Crippen molar-refractivity contribution in [2.75, 3.05) is 12.4 Å². The van der Waals surface area contributed by atoms with Crippen LogP contribution in [-0.2, 0) is 0 Å². The van der Waals surface area contributed by atoms with Gasteiger partial charge < -0.3 is 4.74 Å². The van der Waals surface area contributed by atoms with Gasteiger partial charge in [0.2, 0.25) is 5.16 Å². The molecule has 0 saturated heterocycles. The summed E-state index contributed by atoms with van der Waals surface area (Å²) in [4.78, 5) is 0. The zero-order valence-corrected chi connectivity index (χ0v) is 14.8. The highest BCUT2D eigenvalue weighted by Crippen LogP contribution is 2.22. The molecule has 0 aliphatic heterocycles. The third-order valence-corrected chi connectivity index (χ3v) is 4.68. The largest absolute Gasteiger partial charge is 0.493 e. The second kappa shape index (κ2) is 7.81. The van der Waals surface area contributed by atoms with Crippen LogP contribution in [0.5, 0.6) is 5.75 Å². The first-order valence-electron chi connectivity index (χ1n) is 7.80. The minimum Gasteiger partial charge on any atom is -0.493 e. The lowest BCUT2D eigenvalue weighted by molar-refractivity contribution is 0.343. The summed E-state index contributed by atoms with van der Waals surface area (Å²) in [6, 6.07) is 15.3. The molecule has 0 N–H and O–H groups in total. The molecule has 0 bridgehead atoms. The van der Waals surface area contributed by atoms with Gasteiger partial charge in [-0.3, -0.25) is 0 Å². The maximum absolute atomic E-state index is 8.90. The van der Waals surface area contributed by atoms with Crippen LogP contribution in [0, 0.1) is 25.2 Å². The number of aromatic nitrogens is 4. The van der Waals surface area contributed by atoms with Crippen LogP contribution in [0.4, 0.5) is 0 Å². The standard InChI is InChI=1S/C18H17N5OS/c1-13-5-3-8-17(14(13)2)23-18(20-21-22-23)25-10-9-24-16-7-4-6-15(11-16)12-19/h3-8,11H,9-10H2,1-2H3. The van der Waals surface area contributed by atoms with Gasteiger partial charge in [-0.2, -0.15) is 9.94 Å². The van der Waals surface area contributed by atoms with Gasteiger partial charge in [-0.25, -0.2) is 0 Å². The van der Waals surface area contributed by atoms with Crippen LogP contribution < -0.4 is 4.74 Å². The average Bonchev–Trinajstić information content (AvgIpc) is 3.09. The molecule has 3 rings (SSSR count). The predicted molar refractivity (Wildman–Crippen MR) is 96.0 cm³/mol. The van der Waals surface area contributed by atoms with Crippen LogP contribution in [0.2, 0.25) is 0 Å². The van der Waals surface area contributed by atoms with E-state index in [0.717, 1.165) is 16.4 Å². The van der Waals surface area contributed by atoms with Crippen molar-refractivity contribution < 1.29 is 4.74 Å². The van der Waals surface area contributed by atoms with Gasteiger partial charge in [0.1, 0.15) is 5.75 Å². The molecular formula is C18H17N5OS. The van der Waals surface area contributed by atoms with E-state index >= 15 is 0 Å². The SMILES string of the molecule is Cc1cccc(-n2nnnc2SCCOc2cccc(C#N)c2)c1C. The minimum atomic E-state index is 0.499. The topological polar surface area (TPSA) is 76.6 Å². The van der Waals surface area contributed by atoms with Gasteiger partial charge in [0.15, 0.2) is 0 Å². The van der Waals surface area contributed by atoms with Gasteiger partial charge in [-0.1, -0.05) is 30.0 Å². The van der Waals surface area contributed by atoms with Crippen molar-refractivity contribution in [2.45, 2.75) is 19.0 Å². The van der Waals surface area contributed by atoms with E-state index in [9.17, 15) is 0 Å². The van der Waals surface area contributed by atoms with Crippen molar-refractivity contribution in [3.63, 3.8) is 0 Å². The highest BCUT2D eigenvalue weighted by Gasteiger charge is 2.11. The molecule has 3 aromatic rings. The van der Waals surface area contributed by atoms with E-state index in [1.807, 2.05) is 24.3 Å². The van der Waals surface area contributed by atoms with Crippen molar-refractivity contribution in [3.8, 4) is 17.5 Å². The van der Waals surface area contributed by atoms with E-state index in [0.29, 0.717) is 23.7 Å². The van der Waals surface area contributed by atoms with Crippen LogP contribution in [0.3, 0.4) is 0 Å². The average molecular weight is 351 g/mol. The van der Waals surface area contributed by atoms with E-state index < -0.39 is 0 Å². The molecule has 6 nitrogen and oxygen atoms in total. The number of thioether (sulfide) groups is 1. The van der Waals surface area contributed by atoms with Crippen LogP contribution in [-0.4, -0.2) is 32.6 Å². The molecule has 2 aromatic carbocycles. The number of rotatable bonds is 6. The molecule has 0 fully saturated rings. The summed E-state index contributed by atoms with van der Waals surface area (Å²) in [5, 5.41) is 21.6. The molecule has 0 atom stereocenters. The highest BCUT2D eigenvalue weighted by atomic mass is 32.2. The maximum atomic E-state index is 8.90. The van der Waals surface area contributed by atoms with Gasteiger partial charge in [0.25, 0.3) is 0 Å². The van der Waals surface area contributed by atoms with Crippen LogP contribution >= 0.6 is 11.8 Å². The first-order chi connectivity index (χ1) is 12.2. The summed E-state index contributed by atoms with van der Waals surface area (Å²) in [5.74, 6) is 1.39. The molecule has 7 heteroatoms. The molecule has 0 unspecified atom stereocenters. The molecule has 25 heavy (non-hydrogen) atoms. The lowest BCUT2D eigenvalue weighted by Crippen LogP contribution is -2.05. The Labute approximate surface area is 150 Å². The lowest BCUT2D eigenvalue weighted by Gasteiger charge is -2.10. The fourth-order valence-corrected chi connectivity index (χ4v) is 3.03. The molecule has 0 amide bonds. The number of benzene rings is 2. The van der Waals surface area contributed by atoms with Crippen molar-refractivity contribution in [1.29, 1.82) is 5.26 Å². The summed E-state index contributed by atoms with van der Waals surface area (Å²) < 4.78 is 7.44. The Bertz CT molecular complexity index is 916. The van der Waals surface area contributed by atoms with Crippen molar-refractivity contribution >= 4 is 11.8 Å². The fourth-order valence-electron chi connectivity index (χ4n) is 2.33. The lowest BCUT2D eigenvalue weighted by atomic mass is 10.1. The second-order valence-electron chi connectivity index (χ2n) is 5.43. The summed E-state index contributed by atoms with van der Waals surface area (Å²) in [7, 11) is 0. The van der Waals surface area contributed by atoms with E-state index in [-0.39, 0.29) is 0 Å². The number of hydrogen-bond acceptors (Lipinski definition) is 6. The number of nitriles is 1. The summed E-state index contributed by atoms with van der Waals surface area (Å²) in [6.07, 6.45) is 0. The number of nitrogens with zero attached hydrogens (tertiary/aromatic N) is 5. The van der Waals surface area contributed by atoms with Gasteiger partial charge in [0.05, 0.1) is 23.9 Å². The van der Waals surface area contributed by atoms with E-state index in [1.165, 1.54) is 17.3 Å². The Morgan fingerprint density at radius 1 is 1.20 bits per heavy atom. The third-order valence-electron chi connectivity index (χ3n) is 3.79. The second-order valence-corrected chi connectivity index (χ2v) is 6.49.